The van der Waals surface area contributed by atoms with Gasteiger partial charge in [0.25, 0.3) is 0 Å². The number of fused-ring (bicyclic) bond motifs is 1. The number of nitrogens with zero attached hydrogens (tertiary/aromatic N) is 4. The Morgan fingerprint density at radius 1 is 1.14 bits per heavy atom. The fourth-order valence-corrected chi connectivity index (χ4v) is 4.13. The van der Waals surface area contributed by atoms with E-state index in [1.807, 2.05) is 53.3 Å². The first-order valence-electron chi connectivity index (χ1n) is 9.97. The zero-order valence-corrected chi connectivity index (χ0v) is 16.5. The van der Waals surface area contributed by atoms with Crippen molar-refractivity contribution in [2.45, 2.75) is 45.1 Å². The Balaban J connectivity index is 1.43. The van der Waals surface area contributed by atoms with Crippen LogP contribution >= 0.6 is 0 Å². The summed E-state index contributed by atoms with van der Waals surface area (Å²) in [4.78, 5) is 37.6. The molecule has 1 saturated heterocycles. The summed E-state index contributed by atoms with van der Waals surface area (Å²) in [5, 5.41) is 0. The van der Waals surface area contributed by atoms with Crippen molar-refractivity contribution < 1.29 is 9.59 Å². The lowest BCUT2D eigenvalue weighted by Crippen LogP contribution is -2.35. The molecule has 0 saturated carbocycles. The molecule has 1 fully saturated rings. The minimum Gasteiger partial charge on any atom is -0.341 e. The summed E-state index contributed by atoms with van der Waals surface area (Å²) in [6.45, 7) is 6.30. The lowest BCUT2D eigenvalue weighted by molar-refractivity contribution is -0.131. The molecule has 146 valence electrons. The van der Waals surface area contributed by atoms with Crippen molar-refractivity contribution in [1.82, 2.24) is 19.8 Å². The molecule has 0 bridgehead atoms. The van der Waals surface area contributed by atoms with Gasteiger partial charge < -0.3 is 9.80 Å². The summed E-state index contributed by atoms with van der Waals surface area (Å²) in [5.41, 5.74) is 3.13. The fraction of sp³-hybridized carbons (Fsp3) is 0.455. The Kier molecular flexibility index (Phi) is 5.11. The number of carbonyl (C=O) groups is 2. The average molecular weight is 378 g/mol. The second-order valence-corrected chi connectivity index (χ2v) is 7.79. The SMILES string of the molecule is CC(=O)N1CCc2nc([C@@H]3CCN(C(=O)[C@H](C)c4ccccc4)C3)ncc2C1. The highest BCUT2D eigenvalue weighted by molar-refractivity contribution is 5.83. The van der Waals surface area contributed by atoms with Crippen LogP contribution in [0, 0.1) is 0 Å². The first-order chi connectivity index (χ1) is 13.5. The monoisotopic (exact) mass is 378 g/mol. The van der Waals surface area contributed by atoms with Gasteiger partial charge in [0.15, 0.2) is 0 Å². The van der Waals surface area contributed by atoms with Crippen LogP contribution in [0.4, 0.5) is 0 Å². The zero-order valence-electron chi connectivity index (χ0n) is 16.5. The van der Waals surface area contributed by atoms with Crippen molar-refractivity contribution >= 4 is 11.8 Å². The summed E-state index contributed by atoms with van der Waals surface area (Å²) >= 11 is 0. The van der Waals surface area contributed by atoms with E-state index in [2.05, 4.69) is 4.98 Å². The van der Waals surface area contributed by atoms with Crippen LogP contribution in [0.3, 0.4) is 0 Å². The molecule has 0 aliphatic carbocycles. The van der Waals surface area contributed by atoms with Crippen LogP contribution < -0.4 is 0 Å². The first-order valence-corrected chi connectivity index (χ1v) is 9.97. The number of hydrogen-bond donors (Lipinski definition) is 0. The van der Waals surface area contributed by atoms with Crippen molar-refractivity contribution in [2.75, 3.05) is 19.6 Å². The normalized spacial score (nSPS) is 20.0. The van der Waals surface area contributed by atoms with Crippen LogP contribution in [-0.2, 0) is 22.6 Å². The van der Waals surface area contributed by atoms with Crippen LogP contribution in [0.5, 0.6) is 0 Å². The Labute approximate surface area is 165 Å². The fourth-order valence-electron chi connectivity index (χ4n) is 4.13. The minimum absolute atomic E-state index is 0.0900. The molecule has 6 nitrogen and oxygen atoms in total. The number of benzene rings is 1. The number of carbonyl (C=O) groups excluding carboxylic acids is 2. The van der Waals surface area contributed by atoms with Gasteiger partial charge in [0.1, 0.15) is 5.82 Å². The molecular weight excluding hydrogens is 352 g/mol. The number of likely N-dealkylation sites (tertiary alicyclic amines) is 1. The molecule has 0 N–H and O–H groups in total. The maximum atomic E-state index is 12.9. The lowest BCUT2D eigenvalue weighted by Gasteiger charge is -2.27. The van der Waals surface area contributed by atoms with Crippen LogP contribution in [-0.4, -0.2) is 51.2 Å². The second-order valence-electron chi connectivity index (χ2n) is 7.79. The Hall–Kier alpha value is -2.76. The van der Waals surface area contributed by atoms with Crippen molar-refractivity contribution in [3.8, 4) is 0 Å². The molecule has 6 heteroatoms. The van der Waals surface area contributed by atoms with E-state index in [9.17, 15) is 9.59 Å². The molecule has 2 aliphatic heterocycles. The molecule has 2 aliphatic rings. The maximum absolute atomic E-state index is 12.9. The highest BCUT2D eigenvalue weighted by atomic mass is 16.2. The van der Waals surface area contributed by atoms with Gasteiger partial charge in [-0.05, 0) is 18.9 Å². The molecule has 3 heterocycles. The van der Waals surface area contributed by atoms with Gasteiger partial charge in [0.2, 0.25) is 11.8 Å². The molecule has 1 aromatic heterocycles. The third-order valence-electron chi connectivity index (χ3n) is 5.93. The number of aromatic nitrogens is 2. The van der Waals surface area contributed by atoms with Crippen LogP contribution in [0.15, 0.2) is 36.5 Å². The molecule has 28 heavy (non-hydrogen) atoms. The van der Waals surface area contributed by atoms with Crippen molar-refractivity contribution in [3.63, 3.8) is 0 Å². The first kappa shape index (κ1) is 18.6. The predicted octanol–water partition coefficient (Wildman–Crippen LogP) is 2.50. The van der Waals surface area contributed by atoms with Crippen LogP contribution in [0.25, 0.3) is 0 Å². The quantitative estimate of drug-likeness (QED) is 0.823. The van der Waals surface area contributed by atoms with Gasteiger partial charge in [0.05, 0.1) is 11.6 Å². The third-order valence-corrected chi connectivity index (χ3v) is 5.93. The van der Waals surface area contributed by atoms with Gasteiger partial charge in [-0.25, -0.2) is 9.97 Å². The Bertz CT molecular complexity index is 883. The molecule has 2 aromatic rings. The number of hydrogen-bond acceptors (Lipinski definition) is 4. The third kappa shape index (κ3) is 3.63. The van der Waals surface area contributed by atoms with Gasteiger partial charge >= 0.3 is 0 Å². The Morgan fingerprint density at radius 3 is 2.68 bits per heavy atom. The highest BCUT2D eigenvalue weighted by Gasteiger charge is 2.32. The van der Waals surface area contributed by atoms with E-state index in [0.717, 1.165) is 42.0 Å². The summed E-state index contributed by atoms with van der Waals surface area (Å²) in [5.74, 6) is 1.14. The predicted molar refractivity (Wildman–Crippen MR) is 106 cm³/mol. The van der Waals surface area contributed by atoms with E-state index in [1.165, 1.54) is 0 Å². The summed E-state index contributed by atoms with van der Waals surface area (Å²) < 4.78 is 0. The molecule has 2 amide bonds. The Morgan fingerprint density at radius 2 is 1.93 bits per heavy atom. The molecule has 1 aromatic carbocycles. The summed E-state index contributed by atoms with van der Waals surface area (Å²) in [6.07, 6.45) is 3.53. The molecule has 2 atom stereocenters. The standard InChI is InChI=1S/C22H26N4O2/c1-15(17-6-4-3-5-7-17)22(28)26-10-8-18(13-26)21-23-12-19-14-25(16(2)27)11-9-20(19)24-21/h3-7,12,15,18H,8-11,13-14H2,1-2H3/t15-,18-/m1/s1. The average Bonchev–Trinajstić information content (AvgIpc) is 3.22. The maximum Gasteiger partial charge on any atom is 0.229 e. The van der Waals surface area contributed by atoms with Gasteiger partial charge in [-0.2, -0.15) is 0 Å². The van der Waals surface area contributed by atoms with Crippen LogP contribution in [0.1, 0.15) is 54.7 Å². The zero-order chi connectivity index (χ0) is 19.7. The van der Waals surface area contributed by atoms with E-state index in [1.54, 1.807) is 6.92 Å². The molecule has 0 unspecified atom stereocenters. The highest BCUT2D eigenvalue weighted by Crippen LogP contribution is 2.29. The van der Waals surface area contributed by atoms with Crippen molar-refractivity contribution in [1.29, 1.82) is 0 Å². The van der Waals surface area contributed by atoms with Crippen molar-refractivity contribution in [2.24, 2.45) is 0 Å². The van der Waals surface area contributed by atoms with E-state index in [4.69, 9.17) is 4.98 Å². The largest absolute Gasteiger partial charge is 0.341 e. The minimum atomic E-state index is -0.137. The topological polar surface area (TPSA) is 66.4 Å². The van der Waals surface area contributed by atoms with E-state index < -0.39 is 0 Å². The van der Waals surface area contributed by atoms with E-state index in [-0.39, 0.29) is 23.7 Å². The summed E-state index contributed by atoms with van der Waals surface area (Å²) in [7, 11) is 0. The molecule has 0 radical (unpaired) electrons. The summed E-state index contributed by atoms with van der Waals surface area (Å²) in [6, 6.07) is 9.93. The smallest absolute Gasteiger partial charge is 0.229 e. The van der Waals surface area contributed by atoms with E-state index >= 15 is 0 Å². The lowest BCUT2D eigenvalue weighted by atomic mass is 10.00. The van der Waals surface area contributed by atoms with Crippen LogP contribution in [0.2, 0.25) is 0 Å². The van der Waals surface area contributed by atoms with Gasteiger partial charge in [-0.3, -0.25) is 9.59 Å². The van der Waals surface area contributed by atoms with Gasteiger partial charge in [-0.15, -0.1) is 0 Å². The number of rotatable bonds is 3. The molecule has 0 spiro atoms. The second kappa shape index (κ2) is 7.70. The van der Waals surface area contributed by atoms with E-state index in [0.29, 0.717) is 19.6 Å². The van der Waals surface area contributed by atoms with Gasteiger partial charge in [-0.1, -0.05) is 30.3 Å². The van der Waals surface area contributed by atoms with Gasteiger partial charge in [0, 0.05) is 57.2 Å². The molecule has 4 rings (SSSR count). The number of amides is 2. The van der Waals surface area contributed by atoms with Crippen molar-refractivity contribution in [3.05, 3.63) is 59.2 Å². The molecular formula is C22H26N4O2.